The zero-order valence-corrected chi connectivity index (χ0v) is 17.9. The van der Waals surface area contributed by atoms with Crippen molar-refractivity contribution in [2.24, 2.45) is 0 Å². The van der Waals surface area contributed by atoms with E-state index in [4.69, 9.17) is 26.4 Å². The number of rotatable bonds is 10. The maximum atomic E-state index is 12.7. The highest BCUT2D eigenvalue weighted by Gasteiger charge is 2.14. The first kappa shape index (κ1) is 22.5. The number of nitrogens with one attached hydrogen (secondary N) is 2. The molecule has 0 saturated heterocycles. The van der Waals surface area contributed by atoms with Crippen molar-refractivity contribution in [2.45, 2.75) is 32.6 Å². The van der Waals surface area contributed by atoms with E-state index in [9.17, 15) is 4.79 Å². The van der Waals surface area contributed by atoms with Crippen LogP contribution in [0, 0.1) is 0 Å². The van der Waals surface area contributed by atoms with Gasteiger partial charge in [0.25, 0.3) is 5.91 Å². The predicted molar refractivity (Wildman–Crippen MR) is 119 cm³/mol. The molecular weight excluding hydrogens is 388 g/mol. The summed E-state index contributed by atoms with van der Waals surface area (Å²) >= 11 is 5.28. The summed E-state index contributed by atoms with van der Waals surface area (Å²) in [4.78, 5) is 12.7. The number of anilines is 1. The summed E-state index contributed by atoms with van der Waals surface area (Å²) in [5, 5.41) is 5.85. The van der Waals surface area contributed by atoms with Crippen molar-refractivity contribution in [3.05, 3.63) is 48.0 Å². The van der Waals surface area contributed by atoms with Gasteiger partial charge in [-0.3, -0.25) is 10.1 Å². The molecule has 0 unspecified atom stereocenters. The topological polar surface area (TPSA) is 68.8 Å². The normalized spacial score (nSPS) is 10.2. The van der Waals surface area contributed by atoms with E-state index >= 15 is 0 Å². The predicted octanol–water partition coefficient (Wildman–Crippen LogP) is 4.79. The van der Waals surface area contributed by atoms with Crippen molar-refractivity contribution in [3.8, 4) is 17.2 Å². The van der Waals surface area contributed by atoms with Crippen LogP contribution in [-0.2, 0) is 0 Å². The number of amides is 1. The molecule has 0 aliphatic carbocycles. The van der Waals surface area contributed by atoms with Crippen LogP contribution in [0.1, 0.15) is 43.0 Å². The Morgan fingerprint density at radius 2 is 1.72 bits per heavy atom. The summed E-state index contributed by atoms with van der Waals surface area (Å²) < 4.78 is 16.3. The molecule has 0 spiro atoms. The minimum absolute atomic E-state index is 0.181. The number of thiocarbonyl (C=S) groups is 1. The van der Waals surface area contributed by atoms with Gasteiger partial charge in [0.2, 0.25) is 0 Å². The highest BCUT2D eigenvalue weighted by molar-refractivity contribution is 7.80. The van der Waals surface area contributed by atoms with Gasteiger partial charge in [0.05, 0.1) is 26.4 Å². The Bertz CT molecular complexity index is 826. The fourth-order valence-corrected chi connectivity index (χ4v) is 2.95. The van der Waals surface area contributed by atoms with E-state index in [1.165, 1.54) is 12.8 Å². The summed E-state index contributed by atoms with van der Waals surface area (Å²) in [5.41, 5.74) is 1.12. The van der Waals surface area contributed by atoms with Gasteiger partial charge in [0, 0.05) is 11.8 Å². The van der Waals surface area contributed by atoms with E-state index in [0.29, 0.717) is 35.1 Å². The monoisotopic (exact) mass is 416 g/mol. The Hall–Kier alpha value is -2.80. The van der Waals surface area contributed by atoms with Gasteiger partial charge >= 0.3 is 0 Å². The van der Waals surface area contributed by atoms with Crippen molar-refractivity contribution >= 4 is 28.9 Å². The second kappa shape index (κ2) is 11.9. The van der Waals surface area contributed by atoms with E-state index in [1.807, 2.05) is 6.07 Å². The molecule has 2 aromatic rings. The van der Waals surface area contributed by atoms with E-state index in [0.717, 1.165) is 12.8 Å². The third-order valence-electron chi connectivity index (χ3n) is 4.26. The first-order valence-corrected chi connectivity index (χ1v) is 10.1. The van der Waals surface area contributed by atoms with E-state index in [-0.39, 0.29) is 11.0 Å². The second-order valence-electron chi connectivity index (χ2n) is 6.38. The number of carbonyl (C=O) groups excluding carboxylic acids is 1. The van der Waals surface area contributed by atoms with Crippen LogP contribution in [0.5, 0.6) is 17.2 Å². The molecule has 29 heavy (non-hydrogen) atoms. The van der Waals surface area contributed by atoms with Gasteiger partial charge in [-0.25, -0.2) is 0 Å². The van der Waals surface area contributed by atoms with Crippen LogP contribution in [0.15, 0.2) is 42.5 Å². The van der Waals surface area contributed by atoms with Crippen molar-refractivity contribution in [3.63, 3.8) is 0 Å². The molecular formula is C22H28N2O4S. The number of methoxy groups -OCH3 is 2. The number of para-hydroxylation sites is 1. The van der Waals surface area contributed by atoms with Crippen LogP contribution < -0.4 is 24.8 Å². The minimum Gasteiger partial charge on any atom is -0.493 e. The zero-order valence-electron chi connectivity index (χ0n) is 17.1. The molecule has 2 rings (SSSR count). The number of benzene rings is 2. The number of hydrogen-bond acceptors (Lipinski definition) is 5. The van der Waals surface area contributed by atoms with E-state index in [1.54, 1.807) is 50.6 Å². The Balaban J connectivity index is 1.96. The van der Waals surface area contributed by atoms with Gasteiger partial charge in [-0.2, -0.15) is 0 Å². The van der Waals surface area contributed by atoms with Crippen LogP contribution in [0.3, 0.4) is 0 Å². The molecule has 1 amide bonds. The lowest BCUT2D eigenvalue weighted by molar-refractivity contribution is 0.0973. The van der Waals surface area contributed by atoms with Gasteiger partial charge in [-0.15, -0.1) is 0 Å². The maximum absolute atomic E-state index is 12.7. The number of carbonyl (C=O) groups is 1. The van der Waals surface area contributed by atoms with Crippen molar-refractivity contribution in [1.29, 1.82) is 0 Å². The average molecular weight is 417 g/mol. The summed E-state index contributed by atoms with van der Waals surface area (Å²) in [7, 11) is 3.13. The second-order valence-corrected chi connectivity index (χ2v) is 6.79. The van der Waals surface area contributed by atoms with E-state index in [2.05, 4.69) is 17.6 Å². The molecule has 2 aromatic carbocycles. The molecule has 0 radical (unpaired) electrons. The van der Waals surface area contributed by atoms with Gasteiger partial charge in [0.1, 0.15) is 5.75 Å². The Morgan fingerprint density at radius 1 is 0.966 bits per heavy atom. The molecule has 0 saturated carbocycles. The summed E-state index contributed by atoms with van der Waals surface area (Å²) in [6.45, 7) is 2.75. The fraction of sp³-hybridized carbons (Fsp3) is 0.364. The molecule has 0 heterocycles. The van der Waals surface area contributed by atoms with Crippen LogP contribution in [0.2, 0.25) is 0 Å². The summed E-state index contributed by atoms with van der Waals surface area (Å²) in [6, 6.07) is 12.4. The quantitative estimate of drug-likeness (QED) is 0.429. The zero-order chi connectivity index (χ0) is 21.1. The Labute approximate surface area is 177 Å². The molecule has 2 N–H and O–H groups in total. The van der Waals surface area contributed by atoms with Gasteiger partial charge in [-0.1, -0.05) is 38.3 Å². The maximum Gasteiger partial charge on any atom is 0.261 e. The van der Waals surface area contributed by atoms with Crippen LogP contribution in [0.25, 0.3) is 0 Å². The molecule has 0 aliphatic rings. The number of unbranched alkanes of at least 4 members (excludes halogenated alkanes) is 3. The lowest BCUT2D eigenvalue weighted by atomic mass is 10.2. The lowest BCUT2D eigenvalue weighted by Gasteiger charge is -2.14. The van der Waals surface area contributed by atoms with Gasteiger partial charge in [-0.05, 0) is 42.9 Å². The highest BCUT2D eigenvalue weighted by atomic mass is 32.1. The SMILES string of the molecule is CCCCCCOc1ccccc1C(=O)NC(=S)Nc1ccc(OC)c(OC)c1. The largest absolute Gasteiger partial charge is 0.493 e. The van der Waals surface area contributed by atoms with Crippen LogP contribution >= 0.6 is 12.2 Å². The van der Waals surface area contributed by atoms with Crippen LogP contribution in [-0.4, -0.2) is 31.8 Å². The third-order valence-corrected chi connectivity index (χ3v) is 4.46. The molecule has 0 atom stereocenters. The minimum atomic E-state index is -0.327. The molecule has 7 heteroatoms. The standard InChI is InChI=1S/C22H28N2O4S/c1-4-5-6-9-14-28-18-11-8-7-10-17(18)21(25)24-22(29)23-16-12-13-19(26-2)20(15-16)27-3/h7-8,10-13,15H,4-6,9,14H2,1-3H3,(H2,23,24,25,29). The summed E-state index contributed by atoms with van der Waals surface area (Å²) in [5.74, 6) is 1.40. The average Bonchev–Trinajstić information content (AvgIpc) is 2.73. The van der Waals surface area contributed by atoms with Crippen molar-refractivity contribution < 1.29 is 19.0 Å². The van der Waals surface area contributed by atoms with Crippen molar-refractivity contribution in [2.75, 3.05) is 26.1 Å². The molecule has 156 valence electrons. The van der Waals surface area contributed by atoms with Gasteiger partial charge < -0.3 is 19.5 Å². The number of hydrogen-bond donors (Lipinski definition) is 2. The first-order chi connectivity index (χ1) is 14.1. The van der Waals surface area contributed by atoms with E-state index < -0.39 is 0 Å². The lowest BCUT2D eigenvalue weighted by Crippen LogP contribution is -2.34. The summed E-state index contributed by atoms with van der Waals surface area (Å²) in [6.07, 6.45) is 4.43. The van der Waals surface area contributed by atoms with Crippen LogP contribution in [0.4, 0.5) is 5.69 Å². The molecule has 0 bridgehead atoms. The molecule has 0 aromatic heterocycles. The molecule has 6 nitrogen and oxygen atoms in total. The van der Waals surface area contributed by atoms with Gasteiger partial charge in [0.15, 0.2) is 16.6 Å². The Kier molecular flexibility index (Phi) is 9.24. The third kappa shape index (κ3) is 6.94. The fourth-order valence-electron chi connectivity index (χ4n) is 2.74. The first-order valence-electron chi connectivity index (χ1n) is 9.65. The van der Waals surface area contributed by atoms with Crippen molar-refractivity contribution in [1.82, 2.24) is 5.32 Å². The smallest absolute Gasteiger partial charge is 0.261 e. The number of ether oxygens (including phenoxy) is 3. The highest BCUT2D eigenvalue weighted by Crippen LogP contribution is 2.29. The Morgan fingerprint density at radius 3 is 2.45 bits per heavy atom. The molecule has 0 aliphatic heterocycles. The molecule has 0 fully saturated rings.